The van der Waals surface area contributed by atoms with Crippen LogP contribution in [0.25, 0.3) is 0 Å². The Bertz CT molecular complexity index is 727. The Labute approximate surface area is 185 Å². The van der Waals surface area contributed by atoms with E-state index >= 15 is 0 Å². The maximum Gasteiger partial charge on any atom is 0.140 e. The summed E-state index contributed by atoms with van der Waals surface area (Å²) in [4.78, 5) is 18.4. The average Bonchev–Trinajstić information content (AvgIpc) is 3.06. The van der Waals surface area contributed by atoms with Crippen molar-refractivity contribution in [2.45, 2.75) is 65.5 Å². The number of carbonyl (C=O) groups is 1. The number of nitrogens with zero attached hydrogens (tertiary/aromatic N) is 2. The number of Topliss-reactive ketones (excluding diaryl/α,β-unsaturated/α-hetero) is 1. The smallest absolute Gasteiger partial charge is 0.140 e. The third-order valence-electron chi connectivity index (χ3n) is 7.70. The van der Waals surface area contributed by atoms with Crippen molar-refractivity contribution < 1.29 is 14.1 Å². The van der Waals surface area contributed by atoms with Crippen LogP contribution in [-0.2, 0) is 9.53 Å². The summed E-state index contributed by atoms with van der Waals surface area (Å²) in [6.45, 7) is 11.7. The number of nitrogens with two attached hydrogens (primary N) is 1. The molecular weight excluding hydrogens is 398 g/mol. The Morgan fingerprint density at radius 3 is 2.70 bits per heavy atom. The van der Waals surface area contributed by atoms with Crippen LogP contribution in [0.5, 0.6) is 0 Å². The van der Waals surface area contributed by atoms with Crippen LogP contribution < -0.4 is 5.73 Å². The zero-order valence-electron chi connectivity index (χ0n) is 18.8. The minimum absolute atomic E-state index is 0.111. The molecule has 0 aromatic carbocycles. The van der Waals surface area contributed by atoms with Crippen LogP contribution in [0.3, 0.4) is 0 Å². The third-order valence-corrected chi connectivity index (χ3v) is 8.33. The van der Waals surface area contributed by atoms with Gasteiger partial charge in [-0.3, -0.25) is 9.69 Å². The van der Waals surface area contributed by atoms with Gasteiger partial charge in [0.15, 0.2) is 0 Å². The minimum Gasteiger partial charge on any atom is -0.384 e. The first-order valence-electron chi connectivity index (χ1n) is 11.1. The SMILES string of the molecule is CC1(C)C2CCC1(CSO)C(=O)C2.CCCN1C[C@@H](c2ccc(N)nc2)OC[C@@H]1C. The van der Waals surface area contributed by atoms with Gasteiger partial charge in [-0.05, 0) is 62.2 Å². The van der Waals surface area contributed by atoms with Crippen molar-refractivity contribution in [2.24, 2.45) is 16.7 Å². The van der Waals surface area contributed by atoms with Gasteiger partial charge in [0, 0.05) is 41.9 Å². The Morgan fingerprint density at radius 1 is 1.40 bits per heavy atom. The molecule has 168 valence electrons. The molecule has 0 spiro atoms. The van der Waals surface area contributed by atoms with Gasteiger partial charge in [0.05, 0.1) is 12.7 Å². The number of pyridine rings is 1. The fourth-order valence-corrected chi connectivity index (χ4v) is 6.33. The highest BCUT2D eigenvalue weighted by atomic mass is 32.2. The lowest BCUT2D eigenvalue weighted by Gasteiger charge is -2.38. The molecule has 1 aliphatic heterocycles. The molecule has 3 aliphatic rings. The number of rotatable bonds is 5. The zero-order chi connectivity index (χ0) is 21.9. The molecular formula is C23H37N3O3S. The first-order chi connectivity index (χ1) is 14.2. The predicted molar refractivity (Wildman–Crippen MR) is 122 cm³/mol. The molecule has 2 aliphatic carbocycles. The van der Waals surface area contributed by atoms with Gasteiger partial charge in [0.2, 0.25) is 0 Å². The topological polar surface area (TPSA) is 88.7 Å². The molecule has 0 radical (unpaired) electrons. The van der Waals surface area contributed by atoms with Crippen molar-refractivity contribution in [3.05, 3.63) is 23.9 Å². The number of nitrogen functional groups attached to an aromatic ring is 1. The van der Waals surface area contributed by atoms with Crippen molar-refractivity contribution in [3.8, 4) is 0 Å². The van der Waals surface area contributed by atoms with Crippen molar-refractivity contribution in [3.63, 3.8) is 0 Å². The number of fused-ring (bicyclic) bond motifs is 2. The van der Waals surface area contributed by atoms with Gasteiger partial charge >= 0.3 is 0 Å². The number of hydrogen-bond acceptors (Lipinski definition) is 7. The van der Waals surface area contributed by atoms with Crippen molar-refractivity contribution in [1.29, 1.82) is 0 Å². The Balaban J connectivity index is 0.000000177. The van der Waals surface area contributed by atoms with E-state index in [1.54, 1.807) is 0 Å². The molecule has 1 saturated heterocycles. The predicted octanol–water partition coefficient (Wildman–Crippen LogP) is 4.42. The van der Waals surface area contributed by atoms with Crippen molar-refractivity contribution in [2.75, 3.05) is 31.2 Å². The van der Waals surface area contributed by atoms with E-state index in [1.165, 1.54) is 12.8 Å². The van der Waals surface area contributed by atoms with Crippen LogP contribution in [0, 0.1) is 16.7 Å². The summed E-state index contributed by atoms with van der Waals surface area (Å²) < 4.78 is 14.8. The molecule has 0 amide bonds. The second-order valence-electron chi connectivity index (χ2n) is 9.62. The highest BCUT2D eigenvalue weighted by Gasteiger charge is 2.63. The largest absolute Gasteiger partial charge is 0.384 e. The highest BCUT2D eigenvalue weighted by Crippen LogP contribution is 2.64. The van der Waals surface area contributed by atoms with Crippen molar-refractivity contribution >= 4 is 23.6 Å². The summed E-state index contributed by atoms with van der Waals surface area (Å²) in [5.74, 6) is 2.10. The molecule has 3 N–H and O–H groups in total. The summed E-state index contributed by atoms with van der Waals surface area (Å²) in [6, 6.07) is 4.35. The lowest BCUT2D eigenvalue weighted by Crippen LogP contribution is -2.45. The first kappa shape index (κ1) is 23.5. The molecule has 2 heterocycles. The van der Waals surface area contributed by atoms with Gasteiger partial charge < -0.3 is 15.0 Å². The second-order valence-corrected chi connectivity index (χ2v) is 10.2. The van der Waals surface area contributed by atoms with Crippen LogP contribution in [0.15, 0.2) is 18.3 Å². The van der Waals surface area contributed by atoms with Gasteiger partial charge in [-0.15, -0.1) is 0 Å². The van der Waals surface area contributed by atoms with Gasteiger partial charge in [0.25, 0.3) is 0 Å². The maximum atomic E-state index is 11.8. The molecule has 2 bridgehead atoms. The number of aromatic nitrogens is 1. The molecule has 3 fully saturated rings. The molecule has 4 atom stereocenters. The van der Waals surface area contributed by atoms with E-state index in [0.29, 0.717) is 29.3 Å². The lowest BCUT2D eigenvalue weighted by molar-refractivity contribution is -0.127. The van der Waals surface area contributed by atoms with Crippen LogP contribution in [0.1, 0.15) is 65.0 Å². The van der Waals surface area contributed by atoms with E-state index in [0.717, 1.165) is 50.1 Å². The van der Waals surface area contributed by atoms with Crippen LogP contribution in [0.2, 0.25) is 0 Å². The Morgan fingerprint density at radius 2 is 2.17 bits per heavy atom. The molecule has 2 saturated carbocycles. The quantitative estimate of drug-likeness (QED) is 0.662. The molecule has 6 nitrogen and oxygen atoms in total. The van der Waals surface area contributed by atoms with E-state index in [2.05, 4.69) is 37.6 Å². The minimum atomic E-state index is -0.211. The Kier molecular flexibility index (Phi) is 7.49. The monoisotopic (exact) mass is 435 g/mol. The second kappa shape index (κ2) is 9.55. The van der Waals surface area contributed by atoms with E-state index < -0.39 is 0 Å². The molecule has 1 aromatic rings. The van der Waals surface area contributed by atoms with E-state index in [1.807, 2.05) is 18.3 Å². The van der Waals surface area contributed by atoms with E-state index in [4.69, 9.17) is 15.0 Å². The molecule has 7 heteroatoms. The highest BCUT2D eigenvalue weighted by molar-refractivity contribution is 7.93. The first-order valence-corrected chi connectivity index (χ1v) is 12.1. The third kappa shape index (κ3) is 4.40. The fourth-order valence-electron chi connectivity index (χ4n) is 5.43. The Hall–Kier alpha value is -1.15. The normalized spacial score (nSPS) is 32.7. The molecule has 4 rings (SSSR count). The number of hydrogen-bond donors (Lipinski definition) is 2. The number of ketones is 1. The summed E-state index contributed by atoms with van der Waals surface area (Å²) in [5.41, 5.74) is 6.61. The molecule has 30 heavy (non-hydrogen) atoms. The summed E-state index contributed by atoms with van der Waals surface area (Å²) in [5, 5.41) is 0. The van der Waals surface area contributed by atoms with Crippen molar-refractivity contribution in [1.82, 2.24) is 9.88 Å². The summed E-state index contributed by atoms with van der Waals surface area (Å²) >= 11 is 0.834. The van der Waals surface area contributed by atoms with Gasteiger partial charge in [-0.1, -0.05) is 26.8 Å². The van der Waals surface area contributed by atoms with Crippen LogP contribution in [0.4, 0.5) is 5.82 Å². The number of anilines is 1. The lowest BCUT2D eigenvalue weighted by atomic mass is 9.70. The summed E-state index contributed by atoms with van der Waals surface area (Å²) in [7, 11) is 0. The van der Waals surface area contributed by atoms with Gasteiger partial charge in [-0.25, -0.2) is 4.98 Å². The zero-order valence-corrected chi connectivity index (χ0v) is 19.6. The van der Waals surface area contributed by atoms with E-state index in [9.17, 15) is 4.79 Å². The van der Waals surface area contributed by atoms with Gasteiger partial charge in [0.1, 0.15) is 11.6 Å². The van der Waals surface area contributed by atoms with Crippen LogP contribution >= 0.6 is 12.0 Å². The molecule has 1 aromatic heterocycles. The maximum absolute atomic E-state index is 11.8. The average molecular weight is 436 g/mol. The number of ether oxygens (including phenoxy) is 1. The van der Waals surface area contributed by atoms with E-state index in [-0.39, 0.29) is 16.9 Å². The fraction of sp³-hybridized carbons (Fsp3) is 0.739. The van der Waals surface area contributed by atoms with Crippen LogP contribution in [-0.4, -0.2) is 51.7 Å². The van der Waals surface area contributed by atoms with Gasteiger partial charge in [-0.2, -0.15) is 0 Å². The number of carbonyl (C=O) groups excluding carboxylic acids is 1. The molecule has 2 unspecified atom stereocenters. The number of morpholine rings is 1. The summed E-state index contributed by atoms with van der Waals surface area (Å²) in [6.07, 6.45) is 6.02. The standard InChI is InChI=1S/C13H21N3O.C10H16O2S/c1-3-6-16-8-12(17-9-10(16)2)11-4-5-13(14)15-7-11;1-9(2)7-3-4-10(9,6-13-12)8(11)5-7/h4-5,7,10,12H,3,6,8-9H2,1-2H3,(H2,14,15);7,12H,3-6H2,1-2H3/t10-,12-;/m0./s1.